The van der Waals surface area contributed by atoms with Gasteiger partial charge in [0, 0.05) is 23.2 Å². The Kier molecular flexibility index (Phi) is 7.08. The summed E-state index contributed by atoms with van der Waals surface area (Å²) in [6.45, 7) is 1.81. The summed E-state index contributed by atoms with van der Waals surface area (Å²) in [7, 11) is 3.27. The molecule has 0 amide bonds. The minimum Gasteiger partial charge on any atom is -0.493 e. The van der Waals surface area contributed by atoms with E-state index < -0.39 is 0 Å². The Morgan fingerprint density at radius 2 is 2.00 bits per heavy atom. The van der Waals surface area contributed by atoms with Gasteiger partial charge in [0.05, 0.1) is 14.2 Å². The van der Waals surface area contributed by atoms with E-state index >= 15 is 0 Å². The van der Waals surface area contributed by atoms with Gasteiger partial charge in [-0.3, -0.25) is 0 Å². The van der Waals surface area contributed by atoms with E-state index in [-0.39, 0.29) is 6.61 Å². The van der Waals surface area contributed by atoms with Gasteiger partial charge in [0.15, 0.2) is 11.5 Å². The predicted octanol–water partition coefficient (Wildman–Crippen LogP) is 2.33. The Hall–Kier alpha value is -0.780. The van der Waals surface area contributed by atoms with Crippen LogP contribution >= 0.6 is 15.9 Å². The number of aliphatic hydroxyl groups excluding tert-OH is 1. The first-order chi connectivity index (χ1) is 8.74. The molecular weight excluding hydrogens is 298 g/mol. The molecular formula is C13H20BrNO3. The molecule has 0 aliphatic heterocycles. The fourth-order valence-electron chi connectivity index (χ4n) is 1.71. The summed E-state index contributed by atoms with van der Waals surface area (Å²) >= 11 is 3.52. The van der Waals surface area contributed by atoms with Gasteiger partial charge in [0.2, 0.25) is 0 Å². The Morgan fingerprint density at radius 3 is 2.61 bits per heavy atom. The van der Waals surface area contributed by atoms with Crippen molar-refractivity contribution < 1.29 is 14.6 Å². The molecule has 0 bridgehead atoms. The van der Waals surface area contributed by atoms with Gasteiger partial charge >= 0.3 is 0 Å². The molecule has 0 spiro atoms. The van der Waals surface area contributed by atoms with E-state index in [1.807, 2.05) is 12.1 Å². The number of methoxy groups -OCH3 is 2. The molecule has 4 nitrogen and oxygen atoms in total. The van der Waals surface area contributed by atoms with Gasteiger partial charge in [0.25, 0.3) is 0 Å². The molecule has 0 saturated carbocycles. The normalized spacial score (nSPS) is 10.4. The third-order valence-corrected chi connectivity index (χ3v) is 3.40. The number of nitrogens with one attached hydrogen (secondary N) is 1. The van der Waals surface area contributed by atoms with Crippen molar-refractivity contribution >= 4 is 15.9 Å². The smallest absolute Gasteiger partial charge is 0.166 e. The highest BCUT2D eigenvalue weighted by atomic mass is 79.9. The molecule has 1 aromatic rings. The van der Waals surface area contributed by atoms with Crippen LogP contribution in [0.25, 0.3) is 0 Å². The van der Waals surface area contributed by atoms with Crippen LogP contribution in [0.1, 0.15) is 18.4 Å². The van der Waals surface area contributed by atoms with Crippen LogP contribution in [0.5, 0.6) is 11.5 Å². The van der Waals surface area contributed by atoms with Crippen molar-refractivity contribution in [3.05, 3.63) is 22.2 Å². The van der Waals surface area contributed by atoms with Crippen LogP contribution in [-0.4, -0.2) is 32.5 Å². The first-order valence-corrected chi connectivity index (χ1v) is 6.74. The molecule has 0 aromatic heterocycles. The molecule has 0 atom stereocenters. The lowest BCUT2D eigenvalue weighted by Crippen LogP contribution is -2.16. The summed E-state index contributed by atoms with van der Waals surface area (Å²) < 4.78 is 11.7. The first-order valence-electron chi connectivity index (χ1n) is 5.95. The molecule has 0 aliphatic rings. The molecule has 0 unspecified atom stereocenters. The van der Waals surface area contributed by atoms with Crippen molar-refractivity contribution in [1.82, 2.24) is 5.32 Å². The summed E-state index contributed by atoms with van der Waals surface area (Å²) in [5, 5.41) is 12.0. The highest BCUT2D eigenvalue weighted by Gasteiger charge is 2.12. The summed E-state index contributed by atoms with van der Waals surface area (Å²) in [6, 6.07) is 3.82. The van der Waals surface area contributed by atoms with Crippen LogP contribution in [0.2, 0.25) is 0 Å². The first kappa shape index (κ1) is 15.3. The number of ether oxygens (including phenoxy) is 2. The molecule has 18 heavy (non-hydrogen) atoms. The monoisotopic (exact) mass is 317 g/mol. The second-order valence-electron chi connectivity index (χ2n) is 3.87. The van der Waals surface area contributed by atoms with Gasteiger partial charge < -0.3 is 19.9 Å². The molecule has 0 fully saturated rings. The molecule has 1 aromatic carbocycles. The number of benzene rings is 1. The molecule has 1 rings (SSSR count). The van der Waals surface area contributed by atoms with Crippen molar-refractivity contribution in [3.63, 3.8) is 0 Å². The van der Waals surface area contributed by atoms with Crippen molar-refractivity contribution in [2.24, 2.45) is 0 Å². The number of aliphatic hydroxyl groups is 1. The Bertz CT molecular complexity index is 371. The Morgan fingerprint density at radius 1 is 1.22 bits per heavy atom. The average molecular weight is 318 g/mol. The van der Waals surface area contributed by atoms with Gasteiger partial charge in [-0.25, -0.2) is 0 Å². The highest BCUT2D eigenvalue weighted by Crippen LogP contribution is 2.35. The fraction of sp³-hybridized carbons (Fsp3) is 0.538. The Labute approximate surface area is 116 Å². The lowest BCUT2D eigenvalue weighted by atomic mass is 10.1. The zero-order valence-corrected chi connectivity index (χ0v) is 12.4. The molecule has 0 aliphatic carbocycles. The maximum absolute atomic E-state index is 8.71. The summed E-state index contributed by atoms with van der Waals surface area (Å²) in [5.74, 6) is 1.48. The second-order valence-corrected chi connectivity index (χ2v) is 4.72. The summed E-state index contributed by atoms with van der Waals surface area (Å²) in [6.07, 6.45) is 1.78. The third-order valence-electron chi connectivity index (χ3n) is 2.65. The zero-order valence-electron chi connectivity index (χ0n) is 10.8. The van der Waals surface area contributed by atoms with Crippen LogP contribution in [0, 0.1) is 0 Å². The van der Waals surface area contributed by atoms with E-state index in [9.17, 15) is 0 Å². The van der Waals surface area contributed by atoms with Crippen molar-refractivity contribution in [3.8, 4) is 11.5 Å². The van der Waals surface area contributed by atoms with Crippen LogP contribution in [-0.2, 0) is 6.54 Å². The second kappa shape index (κ2) is 8.34. The Balaban J connectivity index is 2.68. The van der Waals surface area contributed by atoms with Crippen molar-refractivity contribution in [2.45, 2.75) is 19.4 Å². The topological polar surface area (TPSA) is 50.7 Å². The average Bonchev–Trinajstić information content (AvgIpc) is 2.39. The van der Waals surface area contributed by atoms with E-state index in [0.29, 0.717) is 6.54 Å². The minimum absolute atomic E-state index is 0.244. The number of hydrogen-bond donors (Lipinski definition) is 2. The predicted molar refractivity (Wildman–Crippen MR) is 75.3 cm³/mol. The lowest BCUT2D eigenvalue weighted by molar-refractivity contribution is 0.283. The van der Waals surface area contributed by atoms with Crippen molar-refractivity contribution in [1.29, 1.82) is 0 Å². The largest absolute Gasteiger partial charge is 0.493 e. The van der Waals surface area contributed by atoms with E-state index in [1.165, 1.54) is 0 Å². The fourth-order valence-corrected chi connectivity index (χ4v) is 2.16. The van der Waals surface area contributed by atoms with Crippen LogP contribution in [0.3, 0.4) is 0 Å². The highest BCUT2D eigenvalue weighted by molar-refractivity contribution is 9.10. The van der Waals surface area contributed by atoms with Gasteiger partial charge in [-0.15, -0.1) is 0 Å². The molecule has 0 radical (unpaired) electrons. The third kappa shape index (κ3) is 4.15. The number of halogens is 1. The van der Waals surface area contributed by atoms with Gasteiger partial charge in [-0.2, -0.15) is 0 Å². The zero-order chi connectivity index (χ0) is 13.4. The maximum Gasteiger partial charge on any atom is 0.166 e. The number of hydrogen-bond acceptors (Lipinski definition) is 4. The summed E-state index contributed by atoms with van der Waals surface area (Å²) in [4.78, 5) is 0. The number of unbranched alkanes of at least 4 members (excludes halogenated alkanes) is 1. The van der Waals surface area contributed by atoms with Gasteiger partial charge in [-0.1, -0.05) is 15.9 Å². The molecule has 0 saturated heterocycles. The van der Waals surface area contributed by atoms with E-state index in [0.717, 1.165) is 40.9 Å². The summed E-state index contributed by atoms with van der Waals surface area (Å²) in [5.41, 5.74) is 1.04. The lowest BCUT2D eigenvalue weighted by Gasteiger charge is -2.15. The van der Waals surface area contributed by atoms with E-state index in [2.05, 4.69) is 21.2 Å². The molecule has 2 N–H and O–H groups in total. The standard InChI is InChI=1S/C13H20BrNO3/c1-17-12-6-5-11(14)10(13(12)18-2)9-15-7-3-4-8-16/h5-6,15-16H,3-4,7-9H2,1-2H3. The quantitative estimate of drug-likeness (QED) is 0.723. The maximum atomic E-state index is 8.71. The molecule has 0 heterocycles. The van der Waals surface area contributed by atoms with Crippen LogP contribution in [0.15, 0.2) is 16.6 Å². The molecule has 102 valence electrons. The molecule has 5 heteroatoms. The van der Waals surface area contributed by atoms with Gasteiger partial charge in [-0.05, 0) is 31.5 Å². The SMILES string of the molecule is COc1ccc(Br)c(CNCCCCO)c1OC. The van der Waals surface area contributed by atoms with Crippen LogP contribution < -0.4 is 14.8 Å². The van der Waals surface area contributed by atoms with Crippen molar-refractivity contribution in [2.75, 3.05) is 27.4 Å². The number of rotatable bonds is 8. The van der Waals surface area contributed by atoms with E-state index in [1.54, 1.807) is 14.2 Å². The van der Waals surface area contributed by atoms with Crippen LogP contribution in [0.4, 0.5) is 0 Å². The minimum atomic E-state index is 0.244. The van der Waals surface area contributed by atoms with E-state index in [4.69, 9.17) is 14.6 Å². The van der Waals surface area contributed by atoms with Gasteiger partial charge in [0.1, 0.15) is 0 Å².